The van der Waals surface area contributed by atoms with Gasteiger partial charge in [0, 0.05) is 48.3 Å². The van der Waals surface area contributed by atoms with Crippen LogP contribution in [0.4, 0.5) is 4.79 Å². The molecule has 1 saturated heterocycles. The van der Waals surface area contributed by atoms with Crippen molar-refractivity contribution < 1.29 is 9.59 Å². The lowest BCUT2D eigenvalue weighted by molar-refractivity contribution is -0.105. The number of aldehydes is 1. The Morgan fingerprint density at radius 3 is 2.69 bits per heavy atom. The molecule has 2 amide bonds. The minimum atomic E-state index is -0.0775. The van der Waals surface area contributed by atoms with E-state index < -0.39 is 0 Å². The zero-order valence-corrected chi connectivity index (χ0v) is 16.0. The molecule has 8 heteroatoms. The second kappa shape index (κ2) is 7.80. The Kier molecular flexibility index (Phi) is 5.04. The van der Waals surface area contributed by atoms with Gasteiger partial charge in [-0.1, -0.05) is 12.1 Å². The van der Waals surface area contributed by atoms with Crippen LogP contribution in [0.3, 0.4) is 0 Å². The zero-order chi connectivity index (χ0) is 20.4. The van der Waals surface area contributed by atoms with Crippen LogP contribution < -0.4 is 5.73 Å². The number of carbonyl (C=O) groups excluding carboxylic acids is 2. The van der Waals surface area contributed by atoms with Gasteiger partial charge in [0.1, 0.15) is 6.29 Å². The number of nitrogens with one attached hydrogen (secondary N) is 1. The summed E-state index contributed by atoms with van der Waals surface area (Å²) in [4.78, 5) is 27.5. The van der Waals surface area contributed by atoms with Crippen molar-refractivity contribution >= 4 is 28.8 Å². The molecule has 2 aromatic rings. The van der Waals surface area contributed by atoms with Gasteiger partial charge in [-0.25, -0.2) is 4.79 Å². The van der Waals surface area contributed by atoms with Crippen LogP contribution >= 0.6 is 0 Å². The fourth-order valence-electron chi connectivity index (χ4n) is 4.01. The summed E-state index contributed by atoms with van der Waals surface area (Å²) in [5.41, 5.74) is 10.4. The van der Waals surface area contributed by atoms with E-state index in [1.54, 1.807) is 16.0 Å². The molecule has 2 aliphatic rings. The van der Waals surface area contributed by atoms with Gasteiger partial charge in [-0.05, 0) is 24.5 Å². The number of nitriles is 1. The van der Waals surface area contributed by atoms with Crippen molar-refractivity contribution in [1.82, 2.24) is 20.0 Å². The molecule has 0 bridgehead atoms. The van der Waals surface area contributed by atoms with Crippen molar-refractivity contribution in [2.45, 2.75) is 19.3 Å². The van der Waals surface area contributed by atoms with E-state index in [0.717, 1.165) is 28.3 Å². The van der Waals surface area contributed by atoms with Gasteiger partial charge in [-0.3, -0.25) is 9.89 Å². The van der Waals surface area contributed by atoms with Crippen molar-refractivity contribution in [3.05, 3.63) is 46.8 Å². The molecule has 4 rings (SSSR count). The predicted octanol–water partition coefficient (Wildman–Crippen LogP) is 2.17. The smallest absolute Gasteiger partial charge is 0.320 e. The molecule has 8 nitrogen and oxygen atoms in total. The van der Waals surface area contributed by atoms with Crippen molar-refractivity contribution in [2.24, 2.45) is 5.73 Å². The summed E-state index contributed by atoms with van der Waals surface area (Å²) in [5.74, 6) is 0. The highest BCUT2D eigenvalue weighted by molar-refractivity contribution is 5.96. The van der Waals surface area contributed by atoms with E-state index in [1.165, 1.54) is 0 Å². The molecule has 1 aromatic heterocycles. The maximum atomic E-state index is 12.9. The lowest BCUT2D eigenvalue weighted by Gasteiger charge is -2.36. The third kappa shape index (κ3) is 3.47. The highest BCUT2D eigenvalue weighted by atomic mass is 16.2. The minimum Gasteiger partial charge on any atom is -0.402 e. The number of nitrogens with zero attached hydrogens (tertiary/aromatic N) is 4. The average molecular weight is 390 g/mol. The fourth-order valence-corrected chi connectivity index (χ4v) is 4.01. The quantitative estimate of drug-likeness (QED) is 0.602. The normalized spacial score (nSPS) is 17.4. The van der Waals surface area contributed by atoms with E-state index in [0.29, 0.717) is 55.7 Å². The lowest BCUT2D eigenvalue weighted by Crippen LogP contribution is -2.48. The first-order valence-corrected chi connectivity index (χ1v) is 9.63. The number of hydrogen-bond donors (Lipinski definition) is 2. The molecule has 1 fully saturated rings. The topological polar surface area (TPSA) is 119 Å². The van der Waals surface area contributed by atoms with Crippen LogP contribution in [-0.2, 0) is 4.79 Å². The van der Waals surface area contributed by atoms with E-state index in [4.69, 9.17) is 5.73 Å². The van der Waals surface area contributed by atoms with Crippen LogP contribution in [0.15, 0.2) is 41.2 Å². The molecule has 0 atom stereocenters. The van der Waals surface area contributed by atoms with Gasteiger partial charge in [0.15, 0.2) is 0 Å². The number of aromatic amines is 1. The Balaban J connectivity index is 1.50. The van der Waals surface area contributed by atoms with Crippen molar-refractivity contribution in [2.75, 3.05) is 26.2 Å². The van der Waals surface area contributed by atoms with Gasteiger partial charge < -0.3 is 15.5 Å². The standard InChI is InChI=1S/C21H22N6O2/c22-10-17(16-2-1-3-20-18(16)11-24-25-20)14-4-7-26(8-5-14)21(29)27-9-6-19(23)15(12-27)13-28/h1-3,11,13H,4-9,12,23H2,(H,24,25). The lowest BCUT2D eigenvalue weighted by atomic mass is 9.92. The number of benzene rings is 1. The predicted molar refractivity (Wildman–Crippen MR) is 108 cm³/mol. The van der Waals surface area contributed by atoms with Gasteiger partial charge in [0.25, 0.3) is 0 Å². The maximum absolute atomic E-state index is 12.9. The Morgan fingerprint density at radius 2 is 1.97 bits per heavy atom. The van der Waals surface area contributed by atoms with E-state index in [1.807, 2.05) is 18.2 Å². The molecule has 3 heterocycles. The van der Waals surface area contributed by atoms with Crippen LogP contribution in [0.25, 0.3) is 16.5 Å². The second-order valence-electron chi connectivity index (χ2n) is 7.34. The molecule has 148 valence electrons. The molecule has 0 radical (unpaired) electrons. The van der Waals surface area contributed by atoms with Crippen LogP contribution in [0.1, 0.15) is 24.8 Å². The number of nitrogens with two attached hydrogens (primary N) is 1. The number of carbonyl (C=O) groups is 2. The summed E-state index contributed by atoms with van der Waals surface area (Å²) in [5, 5.41) is 17.7. The Hall–Kier alpha value is -3.60. The second-order valence-corrected chi connectivity index (χ2v) is 7.34. The third-order valence-electron chi connectivity index (χ3n) is 5.69. The summed E-state index contributed by atoms with van der Waals surface area (Å²) in [6.45, 7) is 1.88. The van der Waals surface area contributed by atoms with Crippen LogP contribution in [0.2, 0.25) is 0 Å². The van der Waals surface area contributed by atoms with Gasteiger partial charge >= 0.3 is 6.03 Å². The number of allylic oxidation sites excluding steroid dienone is 1. The monoisotopic (exact) mass is 390 g/mol. The Labute approximate surface area is 168 Å². The van der Waals surface area contributed by atoms with Crippen molar-refractivity contribution in [3.8, 4) is 6.07 Å². The van der Waals surface area contributed by atoms with E-state index in [-0.39, 0.29) is 12.6 Å². The van der Waals surface area contributed by atoms with Gasteiger partial charge in [-0.15, -0.1) is 0 Å². The summed E-state index contributed by atoms with van der Waals surface area (Å²) >= 11 is 0. The first-order valence-electron chi connectivity index (χ1n) is 9.63. The first kappa shape index (κ1) is 18.7. The number of aromatic nitrogens is 2. The molecule has 2 aliphatic heterocycles. The highest BCUT2D eigenvalue weighted by Gasteiger charge is 2.28. The van der Waals surface area contributed by atoms with Gasteiger partial charge in [-0.2, -0.15) is 10.4 Å². The number of amides is 2. The SMILES string of the molecule is N#CC(=C1CCN(C(=O)N2CCC(N)=C(C=O)C2)CC1)c1cccc2[nH]ncc12. The number of H-pyrrole nitrogens is 1. The number of rotatable bonds is 2. The van der Waals surface area contributed by atoms with Crippen molar-refractivity contribution in [1.29, 1.82) is 5.26 Å². The van der Waals surface area contributed by atoms with Gasteiger partial charge in [0.05, 0.1) is 29.9 Å². The zero-order valence-electron chi connectivity index (χ0n) is 16.0. The number of likely N-dealkylation sites (tertiary alicyclic amines) is 1. The fraction of sp³-hybridized carbons (Fsp3) is 0.333. The Morgan fingerprint density at radius 1 is 1.21 bits per heavy atom. The average Bonchev–Trinajstić information content (AvgIpc) is 3.24. The number of hydrogen-bond acceptors (Lipinski definition) is 5. The first-order chi connectivity index (χ1) is 14.1. The minimum absolute atomic E-state index is 0.0775. The molecule has 0 saturated carbocycles. The van der Waals surface area contributed by atoms with E-state index >= 15 is 0 Å². The number of fused-ring (bicyclic) bond motifs is 1. The molecule has 29 heavy (non-hydrogen) atoms. The summed E-state index contributed by atoms with van der Waals surface area (Å²) in [6.07, 6.45) is 4.29. The summed E-state index contributed by atoms with van der Waals surface area (Å²) in [7, 11) is 0. The molecular formula is C21H22N6O2. The summed E-state index contributed by atoms with van der Waals surface area (Å²) in [6, 6.07) is 8.06. The number of urea groups is 1. The van der Waals surface area contributed by atoms with Crippen molar-refractivity contribution in [3.63, 3.8) is 0 Å². The third-order valence-corrected chi connectivity index (χ3v) is 5.69. The molecule has 3 N–H and O–H groups in total. The van der Waals surface area contributed by atoms with Crippen LogP contribution in [0, 0.1) is 11.3 Å². The summed E-state index contributed by atoms with van der Waals surface area (Å²) < 4.78 is 0. The largest absolute Gasteiger partial charge is 0.402 e. The maximum Gasteiger partial charge on any atom is 0.320 e. The van der Waals surface area contributed by atoms with Gasteiger partial charge in [0.2, 0.25) is 0 Å². The van der Waals surface area contributed by atoms with Crippen LogP contribution in [0.5, 0.6) is 0 Å². The highest BCUT2D eigenvalue weighted by Crippen LogP contribution is 2.31. The van der Waals surface area contributed by atoms with E-state index in [9.17, 15) is 14.9 Å². The molecule has 0 unspecified atom stereocenters. The molecular weight excluding hydrogens is 368 g/mol. The van der Waals surface area contributed by atoms with E-state index in [2.05, 4.69) is 16.3 Å². The van der Waals surface area contributed by atoms with Crippen LogP contribution in [-0.4, -0.2) is 58.5 Å². The molecule has 0 aliphatic carbocycles. The Bertz CT molecular complexity index is 1060. The number of piperidine rings is 1. The molecule has 1 aromatic carbocycles. The molecule has 0 spiro atoms.